The highest BCUT2D eigenvalue weighted by molar-refractivity contribution is 6.30. The monoisotopic (exact) mass is 301 g/mol. The summed E-state index contributed by atoms with van der Waals surface area (Å²) in [5.74, 6) is 0.682. The third kappa shape index (κ3) is 4.87. The first-order valence-electron chi connectivity index (χ1n) is 7.59. The first-order chi connectivity index (χ1) is 10.1. The van der Waals surface area contributed by atoms with Gasteiger partial charge in [0, 0.05) is 11.1 Å². The van der Waals surface area contributed by atoms with Crippen molar-refractivity contribution in [3.8, 4) is 0 Å². The first kappa shape index (κ1) is 16.1. The van der Waals surface area contributed by atoms with Crippen molar-refractivity contribution in [2.24, 2.45) is 5.92 Å². The maximum Gasteiger partial charge on any atom is 0.0408 e. The van der Waals surface area contributed by atoms with Crippen LogP contribution in [-0.4, -0.2) is 7.05 Å². The van der Waals surface area contributed by atoms with Gasteiger partial charge in [-0.05, 0) is 54.6 Å². The van der Waals surface area contributed by atoms with Crippen molar-refractivity contribution < 1.29 is 0 Å². The molecule has 1 unspecified atom stereocenters. The standard InChI is InChI=1S/C19H24ClN/c1-14(2)10-15-6-4-8-17(11-15)19(21-3)13-16-7-5-9-18(20)12-16/h4-9,11-12,14,19,21H,10,13H2,1-3H3. The average Bonchev–Trinajstić information content (AvgIpc) is 2.44. The lowest BCUT2D eigenvalue weighted by Crippen LogP contribution is -2.19. The van der Waals surface area contributed by atoms with E-state index in [1.807, 2.05) is 25.2 Å². The van der Waals surface area contributed by atoms with Gasteiger partial charge in [-0.2, -0.15) is 0 Å². The minimum absolute atomic E-state index is 0.315. The first-order valence-corrected chi connectivity index (χ1v) is 7.97. The van der Waals surface area contributed by atoms with E-state index in [1.165, 1.54) is 16.7 Å². The van der Waals surface area contributed by atoms with E-state index in [2.05, 4.69) is 49.5 Å². The quantitative estimate of drug-likeness (QED) is 0.788. The molecule has 2 aromatic rings. The Labute approximate surface area is 133 Å². The Bertz CT molecular complexity index is 577. The van der Waals surface area contributed by atoms with Gasteiger partial charge in [-0.3, -0.25) is 0 Å². The van der Waals surface area contributed by atoms with Gasteiger partial charge in [0.05, 0.1) is 0 Å². The molecule has 0 heterocycles. The van der Waals surface area contributed by atoms with Crippen molar-refractivity contribution in [2.45, 2.75) is 32.7 Å². The number of nitrogens with one attached hydrogen (secondary N) is 1. The number of rotatable bonds is 6. The lowest BCUT2D eigenvalue weighted by molar-refractivity contribution is 0.589. The summed E-state index contributed by atoms with van der Waals surface area (Å²) in [6.45, 7) is 4.52. The topological polar surface area (TPSA) is 12.0 Å². The molecular weight excluding hydrogens is 278 g/mol. The molecule has 0 saturated heterocycles. The zero-order valence-electron chi connectivity index (χ0n) is 13.1. The second-order valence-electron chi connectivity index (χ2n) is 6.02. The molecule has 21 heavy (non-hydrogen) atoms. The van der Waals surface area contributed by atoms with Crippen LogP contribution in [-0.2, 0) is 12.8 Å². The Kier molecular flexibility index (Phi) is 5.84. The van der Waals surface area contributed by atoms with Crippen LogP contribution in [0, 0.1) is 5.92 Å². The van der Waals surface area contributed by atoms with Gasteiger partial charge in [0.15, 0.2) is 0 Å². The van der Waals surface area contributed by atoms with E-state index in [1.54, 1.807) is 0 Å². The summed E-state index contributed by atoms with van der Waals surface area (Å²) in [6, 6.07) is 17.3. The largest absolute Gasteiger partial charge is 0.313 e. The Hall–Kier alpha value is -1.31. The molecule has 2 aromatic carbocycles. The van der Waals surface area contributed by atoms with E-state index >= 15 is 0 Å². The third-order valence-electron chi connectivity index (χ3n) is 3.67. The van der Waals surface area contributed by atoms with Crippen LogP contribution in [0.2, 0.25) is 5.02 Å². The maximum atomic E-state index is 6.08. The summed E-state index contributed by atoms with van der Waals surface area (Å²) in [5, 5.41) is 4.23. The van der Waals surface area contributed by atoms with E-state index in [0.29, 0.717) is 12.0 Å². The highest BCUT2D eigenvalue weighted by Crippen LogP contribution is 2.22. The number of benzene rings is 2. The highest BCUT2D eigenvalue weighted by atomic mass is 35.5. The predicted molar refractivity (Wildman–Crippen MR) is 91.9 cm³/mol. The van der Waals surface area contributed by atoms with Crippen molar-refractivity contribution >= 4 is 11.6 Å². The van der Waals surface area contributed by atoms with Crippen LogP contribution in [0.1, 0.15) is 36.6 Å². The molecule has 0 aliphatic carbocycles. The molecule has 0 fully saturated rings. The van der Waals surface area contributed by atoms with Gasteiger partial charge in [-0.1, -0.05) is 61.8 Å². The predicted octanol–water partition coefficient (Wildman–Crippen LogP) is 5.04. The van der Waals surface area contributed by atoms with Crippen LogP contribution in [0.3, 0.4) is 0 Å². The molecule has 0 aliphatic rings. The molecule has 2 rings (SSSR count). The zero-order chi connectivity index (χ0) is 15.2. The molecule has 112 valence electrons. The number of likely N-dealkylation sites (N-methyl/N-ethyl adjacent to an activating group) is 1. The van der Waals surface area contributed by atoms with Crippen LogP contribution >= 0.6 is 11.6 Å². The fourth-order valence-electron chi connectivity index (χ4n) is 2.69. The van der Waals surface area contributed by atoms with Crippen molar-refractivity contribution in [3.63, 3.8) is 0 Å². The van der Waals surface area contributed by atoms with E-state index < -0.39 is 0 Å². The number of hydrogen-bond donors (Lipinski definition) is 1. The van der Waals surface area contributed by atoms with Crippen molar-refractivity contribution in [3.05, 3.63) is 70.2 Å². The highest BCUT2D eigenvalue weighted by Gasteiger charge is 2.11. The smallest absolute Gasteiger partial charge is 0.0408 e. The second kappa shape index (κ2) is 7.63. The summed E-state index contributed by atoms with van der Waals surface area (Å²) in [6.07, 6.45) is 2.07. The molecule has 0 amide bonds. The fraction of sp³-hybridized carbons (Fsp3) is 0.368. The maximum absolute atomic E-state index is 6.08. The molecule has 1 nitrogen and oxygen atoms in total. The molecule has 1 N–H and O–H groups in total. The van der Waals surface area contributed by atoms with E-state index in [-0.39, 0.29) is 0 Å². The van der Waals surface area contributed by atoms with Crippen LogP contribution < -0.4 is 5.32 Å². The van der Waals surface area contributed by atoms with Crippen molar-refractivity contribution in [1.82, 2.24) is 5.32 Å². The Balaban J connectivity index is 2.17. The van der Waals surface area contributed by atoms with Gasteiger partial charge in [0.2, 0.25) is 0 Å². The van der Waals surface area contributed by atoms with E-state index in [0.717, 1.165) is 17.9 Å². The van der Waals surface area contributed by atoms with Crippen LogP contribution in [0.15, 0.2) is 48.5 Å². The SMILES string of the molecule is CNC(Cc1cccc(Cl)c1)c1cccc(CC(C)C)c1. The van der Waals surface area contributed by atoms with Gasteiger partial charge in [0.1, 0.15) is 0 Å². The molecule has 0 aliphatic heterocycles. The summed E-state index contributed by atoms with van der Waals surface area (Å²) in [4.78, 5) is 0. The summed E-state index contributed by atoms with van der Waals surface area (Å²) in [5.41, 5.74) is 4.01. The van der Waals surface area contributed by atoms with E-state index in [4.69, 9.17) is 11.6 Å². The van der Waals surface area contributed by atoms with Crippen LogP contribution in [0.25, 0.3) is 0 Å². The molecule has 0 aromatic heterocycles. The third-order valence-corrected chi connectivity index (χ3v) is 3.91. The van der Waals surface area contributed by atoms with Crippen LogP contribution in [0.5, 0.6) is 0 Å². The molecule has 0 saturated carbocycles. The summed E-state index contributed by atoms with van der Waals surface area (Å²) < 4.78 is 0. The molecule has 0 radical (unpaired) electrons. The zero-order valence-corrected chi connectivity index (χ0v) is 13.8. The van der Waals surface area contributed by atoms with Crippen LogP contribution in [0.4, 0.5) is 0 Å². The number of hydrogen-bond acceptors (Lipinski definition) is 1. The minimum atomic E-state index is 0.315. The molecule has 1 atom stereocenters. The molecule has 0 bridgehead atoms. The molecule has 0 spiro atoms. The minimum Gasteiger partial charge on any atom is -0.313 e. The normalized spacial score (nSPS) is 12.6. The fourth-order valence-corrected chi connectivity index (χ4v) is 2.91. The average molecular weight is 302 g/mol. The van der Waals surface area contributed by atoms with Gasteiger partial charge < -0.3 is 5.32 Å². The van der Waals surface area contributed by atoms with E-state index in [9.17, 15) is 0 Å². The lowest BCUT2D eigenvalue weighted by atomic mass is 9.95. The lowest BCUT2D eigenvalue weighted by Gasteiger charge is -2.18. The Morgan fingerprint density at radius 3 is 2.24 bits per heavy atom. The van der Waals surface area contributed by atoms with Gasteiger partial charge in [0.25, 0.3) is 0 Å². The van der Waals surface area contributed by atoms with Gasteiger partial charge >= 0.3 is 0 Å². The Morgan fingerprint density at radius 1 is 0.952 bits per heavy atom. The molecular formula is C19H24ClN. The van der Waals surface area contributed by atoms with Crippen molar-refractivity contribution in [2.75, 3.05) is 7.05 Å². The number of halogens is 1. The Morgan fingerprint density at radius 2 is 1.62 bits per heavy atom. The van der Waals surface area contributed by atoms with Gasteiger partial charge in [-0.25, -0.2) is 0 Å². The summed E-state index contributed by atoms with van der Waals surface area (Å²) >= 11 is 6.08. The summed E-state index contributed by atoms with van der Waals surface area (Å²) in [7, 11) is 2.02. The molecule has 2 heteroatoms. The van der Waals surface area contributed by atoms with Gasteiger partial charge in [-0.15, -0.1) is 0 Å². The van der Waals surface area contributed by atoms with Crippen molar-refractivity contribution in [1.29, 1.82) is 0 Å². The second-order valence-corrected chi connectivity index (χ2v) is 6.45.